The highest BCUT2D eigenvalue weighted by Crippen LogP contribution is 2.26. The number of hydrogen-bond donors (Lipinski definition) is 1. The second-order valence-corrected chi connectivity index (χ2v) is 4.77. The number of rotatable bonds is 3. The van der Waals surface area contributed by atoms with E-state index in [0.717, 1.165) is 36.1 Å². The van der Waals surface area contributed by atoms with Crippen molar-refractivity contribution in [2.75, 3.05) is 6.61 Å². The smallest absolute Gasteiger partial charge is 0.331 e. The third-order valence-corrected chi connectivity index (χ3v) is 4.04. The third-order valence-electron chi connectivity index (χ3n) is 2.60. The maximum absolute atomic E-state index is 10.7. The number of carboxylic acid groups (broad SMARTS) is 1. The molecule has 1 heterocycles. The molecule has 3 nitrogen and oxygen atoms in total. The zero-order chi connectivity index (χ0) is 9.84. The van der Waals surface area contributed by atoms with E-state index in [0.29, 0.717) is 5.57 Å². The second kappa shape index (κ2) is 4.57. The highest BCUT2D eigenvalue weighted by Gasteiger charge is 2.25. The lowest BCUT2D eigenvalue weighted by molar-refractivity contribution is -0.133. The first-order valence-corrected chi connectivity index (χ1v) is 5.82. The molecule has 74 valence electrons. The van der Waals surface area contributed by atoms with Crippen molar-refractivity contribution in [2.45, 2.75) is 30.9 Å². The number of aliphatic carboxylic acids is 1. The summed E-state index contributed by atoms with van der Waals surface area (Å²) in [7, 11) is 0.806. The molecule has 1 rings (SSSR count). The molecule has 1 fully saturated rings. The highest BCUT2D eigenvalue weighted by molar-refractivity contribution is 6.17. The van der Waals surface area contributed by atoms with Gasteiger partial charge in [-0.15, -0.1) is 0 Å². The van der Waals surface area contributed by atoms with Gasteiger partial charge in [-0.05, 0) is 19.3 Å². The molecule has 1 N–H and O–H groups in total. The Morgan fingerprint density at radius 1 is 1.62 bits per heavy atom. The minimum atomic E-state index is -0.880. The maximum Gasteiger partial charge on any atom is 0.331 e. The predicted molar refractivity (Wildman–Crippen MR) is 54.1 cm³/mol. The first kappa shape index (κ1) is 10.5. The summed E-state index contributed by atoms with van der Waals surface area (Å²) in [5, 5.41) is 8.75. The summed E-state index contributed by atoms with van der Waals surface area (Å²) in [4.78, 5) is 10.7. The molecule has 0 radical (unpaired) electrons. The van der Waals surface area contributed by atoms with Crippen molar-refractivity contribution in [1.82, 2.24) is 0 Å². The van der Waals surface area contributed by atoms with Crippen LogP contribution in [0.2, 0.25) is 5.54 Å². The Kier molecular flexibility index (Phi) is 3.68. The van der Waals surface area contributed by atoms with Gasteiger partial charge in [0, 0.05) is 28.0 Å². The lowest BCUT2D eigenvalue weighted by Crippen LogP contribution is -2.27. The fraction of sp³-hybridized carbons (Fsp3) is 0.667. The van der Waals surface area contributed by atoms with Crippen molar-refractivity contribution >= 4 is 16.2 Å². The Labute approximate surface area is 81.2 Å². The van der Waals surface area contributed by atoms with Crippen LogP contribution in [0.4, 0.5) is 0 Å². The van der Waals surface area contributed by atoms with Crippen molar-refractivity contribution < 1.29 is 14.6 Å². The van der Waals surface area contributed by atoms with Gasteiger partial charge >= 0.3 is 5.97 Å². The first-order chi connectivity index (χ1) is 6.13. The number of carboxylic acids is 1. The second-order valence-electron chi connectivity index (χ2n) is 3.52. The van der Waals surface area contributed by atoms with Crippen molar-refractivity contribution in [3.05, 3.63) is 12.2 Å². The minimum absolute atomic E-state index is 0.0674. The molecule has 0 aromatic carbocycles. The van der Waals surface area contributed by atoms with Crippen LogP contribution in [0, 0.1) is 0 Å². The Bertz CT molecular complexity index is 209. The van der Waals surface area contributed by atoms with Crippen LogP contribution >= 0.6 is 0 Å². The van der Waals surface area contributed by atoms with Crippen LogP contribution in [-0.2, 0) is 9.53 Å². The summed E-state index contributed by atoms with van der Waals surface area (Å²) in [5.74, 6) is -0.880. The number of carbonyl (C=O) groups is 1. The molecular formula is C9H16O3Si. The summed E-state index contributed by atoms with van der Waals surface area (Å²) in [6.45, 7) is 4.36. The maximum atomic E-state index is 10.7. The van der Waals surface area contributed by atoms with E-state index in [2.05, 4.69) is 6.58 Å². The van der Waals surface area contributed by atoms with Crippen LogP contribution in [0.1, 0.15) is 19.3 Å². The van der Waals surface area contributed by atoms with Crippen LogP contribution in [0.3, 0.4) is 0 Å². The SMILES string of the molecule is C=C(C(=O)O)C([SiH3])C1CCCCO1. The van der Waals surface area contributed by atoms with E-state index in [1.165, 1.54) is 0 Å². The lowest BCUT2D eigenvalue weighted by Gasteiger charge is -2.28. The third kappa shape index (κ3) is 2.67. The summed E-state index contributed by atoms with van der Waals surface area (Å²) in [6, 6.07) is 0. The fourth-order valence-electron chi connectivity index (χ4n) is 1.58. The van der Waals surface area contributed by atoms with Gasteiger partial charge in [-0.3, -0.25) is 0 Å². The van der Waals surface area contributed by atoms with Crippen molar-refractivity contribution in [3.63, 3.8) is 0 Å². The molecule has 2 atom stereocenters. The van der Waals surface area contributed by atoms with Crippen LogP contribution in [0.25, 0.3) is 0 Å². The van der Waals surface area contributed by atoms with Crippen LogP contribution in [0.15, 0.2) is 12.2 Å². The van der Waals surface area contributed by atoms with Crippen LogP contribution < -0.4 is 0 Å². The zero-order valence-corrected chi connectivity index (χ0v) is 9.95. The van der Waals surface area contributed by atoms with E-state index in [1.54, 1.807) is 0 Å². The molecule has 1 saturated heterocycles. The fourth-order valence-corrected chi connectivity index (χ4v) is 2.35. The molecule has 13 heavy (non-hydrogen) atoms. The Morgan fingerprint density at radius 2 is 2.31 bits per heavy atom. The molecule has 0 aliphatic carbocycles. The van der Waals surface area contributed by atoms with Gasteiger partial charge < -0.3 is 9.84 Å². The molecule has 0 aromatic heterocycles. The Hall–Kier alpha value is -0.613. The Balaban J connectivity index is 2.49. The monoisotopic (exact) mass is 200 g/mol. The molecule has 0 bridgehead atoms. The molecule has 1 aliphatic heterocycles. The molecule has 1 aliphatic rings. The predicted octanol–water partition coefficient (Wildman–Crippen LogP) is 0.350. The van der Waals surface area contributed by atoms with Gasteiger partial charge in [-0.2, -0.15) is 0 Å². The molecule has 2 unspecified atom stereocenters. The standard InChI is InChI=1S/C9H16O3Si/c1-6(9(10)11)8(13)7-4-2-3-5-12-7/h7-8H,1-5H2,13H3,(H,10,11). The summed E-state index contributed by atoms with van der Waals surface area (Å²) in [6.07, 6.45) is 3.35. The largest absolute Gasteiger partial charge is 0.478 e. The van der Waals surface area contributed by atoms with E-state index in [4.69, 9.17) is 9.84 Å². The zero-order valence-electron chi connectivity index (χ0n) is 7.95. The number of hydrogen-bond acceptors (Lipinski definition) is 2. The van der Waals surface area contributed by atoms with E-state index in [-0.39, 0.29) is 11.6 Å². The van der Waals surface area contributed by atoms with Gasteiger partial charge in [0.1, 0.15) is 0 Å². The van der Waals surface area contributed by atoms with Gasteiger partial charge in [-0.1, -0.05) is 6.58 Å². The van der Waals surface area contributed by atoms with Gasteiger partial charge in [0.2, 0.25) is 0 Å². The van der Waals surface area contributed by atoms with Crippen molar-refractivity contribution in [3.8, 4) is 0 Å². The van der Waals surface area contributed by atoms with E-state index < -0.39 is 5.97 Å². The van der Waals surface area contributed by atoms with Crippen molar-refractivity contribution in [2.24, 2.45) is 0 Å². The summed E-state index contributed by atoms with van der Waals surface area (Å²) in [5.41, 5.74) is 0.386. The van der Waals surface area contributed by atoms with E-state index in [9.17, 15) is 4.79 Å². The van der Waals surface area contributed by atoms with Crippen molar-refractivity contribution in [1.29, 1.82) is 0 Å². The molecule has 0 amide bonds. The minimum Gasteiger partial charge on any atom is -0.478 e. The van der Waals surface area contributed by atoms with Gasteiger partial charge in [-0.25, -0.2) is 4.79 Å². The first-order valence-electron chi connectivity index (χ1n) is 4.66. The van der Waals surface area contributed by atoms with Gasteiger partial charge in [0.25, 0.3) is 0 Å². The van der Waals surface area contributed by atoms with Crippen LogP contribution in [0.5, 0.6) is 0 Å². The molecular weight excluding hydrogens is 184 g/mol. The summed E-state index contributed by atoms with van der Waals surface area (Å²) < 4.78 is 5.52. The summed E-state index contributed by atoms with van der Waals surface area (Å²) >= 11 is 0. The normalized spacial score (nSPS) is 25.4. The van der Waals surface area contributed by atoms with E-state index in [1.807, 2.05) is 0 Å². The molecule has 0 saturated carbocycles. The highest BCUT2D eigenvalue weighted by atomic mass is 28.1. The molecule has 4 heteroatoms. The average molecular weight is 200 g/mol. The molecule has 0 aromatic rings. The van der Waals surface area contributed by atoms with Gasteiger partial charge in [0.05, 0.1) is 6.10 Å². The van der Waals surface area contributed by atoms with Crippen LogP contribution in [-0.4, -0.2) is 34.0 Å². The van der Waals surface area contributed by atoms with E-state index >= 15 is 0 Å². The number of ether oxygens (including phenoxy) is 1. The van der Waals surface area contributed by atoms with Gasteiger partial charge in [0.15, 0.2) is 0 Å². The average Bonchev–Trinajstić information content (AvgIpc) is 2.17. The topological polar surface area (TPSA) is 46.5 Å². The Morgan fingerprint density at radius 3 is 2.77 bits per heavy atom. The quantitative estimate of drug-likeness (QED) is 0.528. The molecule has 0 spiro atoms. The lowest BCUT2D eigenvalue weighted by atomic mass is 10.0.